The predicted octanol–water partition coefficient (Wildman–Crippen LogP) is 4.22. The molecule has 1 saturated carbocycles. The minimum absolute atomic E-state index is 0.438. The average molecular weight is 249 g/mol. The van der Waals surface area contributed by atoms with Crippen molar-refractivity contribution in [3.8, 4) is 0 Å². The van der Waals surface area contributed by atoms with Crippen LogP contribution in [0.4, 0.5) is 5.69 Å². The molecule has 2 rings (SSSR count). The van der Waals surface area contributed by atoms with Gasteiger partial charge in [-0.2, -0.15) is 5.10 Å². The molecule has 0 radical (unpaired) electrons. The molecule has 0 unspecified atom stereocenters. The van der Waals surface area contributed by atoms with E-state index in [0.717, 1.165) is 5.69 Å². The quantitative estimate of drug-likeness (QED) is 0.813. The number of hydrogen-bond donors (Lipinski definition) is 1. The van der Waals surface area contributed by atoms with Gasteiger partial charge in [-0.15, -0.1) is 0 Å². The van der Waals surface area contributed by atoms with Gasteiger partial charge in [-0.3, -0.25) is 4.68 Å². The highest BCUT2D eigenvalue weighted by molar-refractivity contribution is 5.52. The van der Waals surface area contributed by atoms with Crippen molar-refractivity contribution in [1.29, 1.82) is 0 Å². The van der Waals surface area contributed by atoms with E-state index in [0.29, 0.717) is 12.1 Å². The van der Waals surface area contributed by atoms with Gasteiger partial charge in [0.2, 0.25) is 0 Å². The van der Waals surface area contributed by atoms with E-state index in [4.69, 9.17) is 0 Å². The van der Waals surface area contributed by atoms with Crippen LogP contribution in [0.2, 0.25) is 0 Å². The van der Waals surface area contributed by atoms with Crippen LogP contribution in [0, 0.1) is 13.8 Å². The highest BCUT2D eigenvalue weighted by atomic mass is 15.3. The largest absolute Gasteiger partial charge is 0.379 e. The van der Waals surface area contributed by atoms with Crippen molar-refractivity contribution in [2.75, 3.05) is 5.32 Å². The molecule has 3 heteroatoms. The maximum Gasteiger partial charge on any atom is 0.0828 e. The average Bonchev–Trinajstić information content (AvgIpc) is 2.55. The van der Waals surface area contributed by atoms with Gasteiger partial charge in [0, 0.05) is 12.1 Å². The minimum Gasteiger partial charge on any atom is -0.379 e. The lowest BCUT2D eigenvalue weighted by Crippen LogP contribution is -2.19. The summed E-state index contributed by atoms with van der Waals surface area (Å²) in [5.41, 5.74) is 3.70. The molecule has 0 spiro atoms. The molecule has 1 aliphatic carbocycles. The molecule has 1 aromatic heterocycles. The molecule has 0 atom stereocenters. The van der Waals surface area contributed by atoms with Crippen molar-refractivity contribution in [2.45, 2.75) is 78.3 Å². The predicted molar refractivity (Wildman–Crippen MR) is 77.2 cm³/mol. The summed E-state index contributed by atoms with van der Waals surface area (Å²) < 4.78 is 2.13. The molecule has 1 N–H and O–H groups in total. The standard InChI is InChI=1S/C15H27N3/c1-11(2)18-13(4)15(12(3)17-18)16-14-9-7-5-6-8-10-14/h11,14,16H,5-10H2,1-4H3. The van der Waals surface area contributed by atoms with E-state index in [1.54, 1.807) is 0 Å². The Morgan fingerprint density at radius 2 is 1.72 bits per heavy atom. The molecule has 18 heavy (non-hydrogen) atoms. The van der Waals surface area contributed by atoms with Gasteiger partial charge in [-0.1, -0.05) is 25.7 Å². The topological polar surface area (TPSA) is 29.9 Å². The molecule has 0 amide bonds. The molecule has 3 nitrogen and oxygen atoms in total. The molecule has 1 aromatic rings. The highest BCUT2D eigenvalue weighted by Crippen LogP contribution is 2.26. The number of nitrogens with zero attached hydrogens (tertiary/aromatic N) is 2. The zero-order chi connectivity index (χ0) is 13.1. The van der Waals surface area contributed by atoms with Crippen molar-refractivity contribution >= 4 is 5.69 Å². The first kappa shape index (κ1) is 13.4. The fourth-order valence-corrected chi connectivity index (χ4v) is 3.00. The maximum atomic E-state index is 4.65. The molecule has 102 valence electrons. The smallest absolute Gasteiger partial charge is 0.0828 e. The fourth-order valence-electron chi connectivity index (χ4n) is 3.00. The normalized spacial score (nSPS) is 18.1. The summed E-state index contributed by atoms with van der Waals surface area (Å²) in [4.78, 5) is 0. The highest BCUT2D eigenvalue weighted by Gasteiger charge is 2.18. The number of rotatable bonds is 3. The number of hydrogen-bond acceptors (Lipinski definition) is 2. The first-order chi connectivity index (χ1) is 8.59. The molecule has 0 aromatic carbocycles. The van der Waals surface area contributed by atoms with Crippen LogP contribution in [0.25, 0.3) is 0 Å². The van der Waals surface area contributed by atoms with Gasteiger partial charge >= 0.3 is 0 Å². The van der Waals surface area contributed by atoms with Gasteiger partial charge < -0.3 is 5.32 Å². The van der Waals surface area contributed by atoms with Crippen LogP contribution in [0.1, 0.15) is 69.8 Å². The lowest BCUT2D eigenvalue weighted by molar-refractivity contribution is 0.516. The Hall–Kier alpha value is -0.990. The molecule has 0 saturated heterocycles. The monoisotopic (exact) mass is 249 g/mol. The SMILES string of the molecule is Cc1nn(C(C)C)c(C)c1NC1CCCCCC1. The van der Waals surface area contributed by atoms with Crippen LogP contribution < -0.4 is 5.32 Å². The minimum atomic E-state index is 0.438. The molecule has 1 fully saturated rings. The van der Waals surface area contributed by atoms with E-state index in [-0.39, 0.29) is 0 Å². The Balaban J connectivity index is 2.12. The molecule has 1 heterocycles. The van der Waals surface area contributed by atoms with Crippen molar-refractivity contribution in [3.63, 3.8) is 0 Å². The van der Waals surface area contributed by atoms with Crippen LogP contribution in [-0.2, 0) is 0 Å². The molecular weight excluding hydrogens is 222 g/mol. The number of aromatic nitrogens is 2. The summed E-state index contributed by atoms with van der Waals surface area (Å²) in [6, 6.07) is 1.09. The maximum absolute atomic E-state index is 4.65. The van der Waals surface area contributed by atoms with Gasteiger partial charge in [-0.05, 0) is 40.5 Å². The molecule has 0 bridgehead atoms. The number of anilines is 1. The summed E-state index contributed by atoms with van der Waals surface area (Å²) in [7, 11) is 0. The van der Waals surface area contributed by atoms with Crippen LogP contribution in [0.5, 0.6) is 0 Å². The number of nitrogens with one attached hydrogen (secondary N) is 1. The van der Waals surface area contributed by atoms with Crippen LogP contribution in [0.3, 0.4) is 0 Å². The summed E-state index contributed by atoms with van der Waals surface area (Å²) in [6.45, 7) is 8.67. The Morgan fingerprint density at radius 3 is 2.22 bits per heavy atom. The molecular formula is C15H27N3. The van der Waals surface area contributed by atoms with E-state index in [2.05, 4.69) is 42.8 Å². The summed E-state index contributed by atoms with van der Waals surface area (Å²) in [5, 5.41) is 8.40. The third-order valence-corrected chi connectivity index (χ3v) is 4.02. The molecule has 0 aliphatic heterocycles. The van der Waals surface area contributed by atoms with E-state index < -0.39 is 0 Å². The van der Waals surface area contributed by atoms with Crippen molar-refractivity contribution < 1.29 is 0 Å². The molecule has 1 aliphatic rings. The first-order valence-corrected chi connectivity index (χ1v) is 7.42. The van der Waals surface area contributed by atoms with Gasteiger partial charge in [0.15, 0.2) is 0 Å². The number of aryl methyl sites for hydroxylation is 1. The Morgan fingerprint density at radius 1 is 1.11 bits per heavy atom. The van der Waals surface area contributed by atoms with Crippen molar-refractivity contribution in [2.24, 2.45) is 0 Å². The van der Waals surface area contributed by atoms with Crippen LogP contribution >= 0.6 is 0 Å². The van der Waals surface area contributed by atoms with Gasteiger partial charge in [0.1, 0.15) is 0 Å². The third kappa shape index (κ3) is 2.88. The second-order valence-electron chi connectivity index (χ2n) is 5.92. The lowest BCUT2D eigenvalue weighted by atomic mass is 10.1. The van der Waals surface area contributed by atoms with Gasteiger partial charge in [-0.25, -0.2) is 0 Å². The van der Waals surface area contributed by atoms with E-state index >= 15 is 0 Å². The summed E-state index contributed by atoms with van der Waals surface area (Å²) in [5.74, 6) is 0. The van der Waals surface area contributed by atoms with Crippen LogP contribution in [0.15, 0.2) is 0 Å². The second kappa shape index (κ2) is 5.77. The zero-order valence-corrected chi connectivity index (χ0v) is 12.3. The van der Waals surface area contributed by atoms with E-state index in [9.17, 15) is 0 Å². The Kier molecular flexibility index (Phi) is 4.31. The first-order valence-electron chi connectivity index (χ1n) is 7.42. The van der Waals surface area contributed by atoms with Crippen molar-refractivity contribution in [3.05, 3.63) is 11.4 Å². The van der Waals surface area contributed by atoms with Gasteiger partial charge in [0.05, 0.1) is 17.1 Å². The van der Waals surface area contributed by atoms with Crippen molar-refractivity contribution in [1.82, 2.24) is 9.78 Å². The fraction of sp³-hybridized carbons (Fsp3) is 0.800. The Bertz CT molecular complexity index is 385. The van der Waals surface area contributed by atoms with Gasteiger partial charge in [0.25, 0.3) is 0 Å². The van der Waals surface area contributed by atoms with E-state index in [1.807, 2.05) is 0 Å². The third-order valence-electron chi connectivity index (χ3n) is 4.02. The van der Waals surface area contributed by atoms with Crippen LogP contribution in [-0.4, -0.2) is 15.8 Å². The lowest BCUT2D eigenvalue weighted by Gasteiger charge is -2.18. The second-order valence-corrected chi connectivity index (χ2v) is 5.92. The zero-order valence-electron chi connectivity index (χ0n) is 12.3. The summed E-state index contributed by atoms with van der Waals surface area (Å²) >= 11 is 0. The Labute approximate surface area is 111 Å². The van der Waals surface area contributed by atoms with E-state index in [1.165, 1.54) is 49.9 Å². The summed E-state index contributed by atoms with van der Waals surface area (Å²) in [6.07, 6.45) is 8.17.